The van der Waals surface area contributed by atoms with Gasteiger partial charge in [0.2, 0.25) is 0 Å². The molecule has 0 saturated heterocycles. The Morgan fingerprint density at radius 2 is 2.13 bits per heavy atom. The van der Waals surface area contributed by atoms with Gasteiger partial charge in [-0.3, -0.25) is 9.78 Å². The molecule has 0 spiro atoms. The first kappa shape index (κ1) is 11.7. The van der Waals surface area contributed by atoms with Crippen LogP contribution in [0.2, 0.25) is 0 Å². The van der Waals surface area contributed by atoms with E-state index < -0.39 is 0 Å². The number of aromatic nitrogens is 1. The Morgan fingerprint density at radius 1 is 1.47 bits per heavy atom. The van der Waals surface area contributed by atoms with Crippen LogP contribution in [0.15, 0.2) is 18.3 Å². The molecule has 0 atom stereocenters. The second-order valence-electron chi connectivity index (χ2n) is 4.54. The van der Waals surface area contributed by atoms with Gasteiger partial charge in [-0.1, -0.05) is 20.8 Å². The zero-order chi connectivity index (χ0) is 11.5. The number of pyridine rings is 1. The fourth-order valence-electron chi connectivity index (χ4n) is 1.24. The van der Waals surface area contributed by atoms with E-state index in [4.69, 9.17) is 0 Å². The lowest BCUT2D eigenvalue weighted by molar-refractivity contribution is 0.0955. The van der Waals surface area contributed by atoms with Crippen LogP contribution in [0.5, 0.6) is 0 Å². The lowest BCUT2D eigenvalue weighted by atomic mass is 9.91. The molecule has 0 aliphatic heterocycles. The van der Waals surface area contributed by atoms with Crippen LogP contribution in [-0.4, -0.2) is 17.4 Å². The molecule has 0 aliphatic rings. The second kappa shape index (κ2) is 4.43. The van der Waals surface area contributed by atoms with Crippen LogP contribution in [0, 0.1) is 0 Å². The predicted molar refractivity (Wildman–Crippen MR) is 60.9 cm³/mol. The highest BCUT2D eigenvalue weighted by atomic mass is 16.1. The van der Waals surface area contributed by atoms with E-state index >= 15 is 0 Å². The van der Waals surface area contributed by atoms with Crippen molar-refractivity contribution in [2.75, 3.05) is 6.54 Å². The van der Waals surface area contributed by atoms with E-state index in [1.807, 2.05) is 13.0 Å². The van der Waals surface area contributed by atoms with E-state index in [0.29, 0.717) is 12.1 Å². The van der Waals surface area contributed by atoms with Gasteiger partial charge in [0.05, 0.1) is 0 Å². The third-order valence-corrected chi connectivity index (χ3v) is 2.13. The monoisotopic (exact) mass is 206 g/mol. The summed E-state index contributed by atoms with van der Waals surface area (Å²) in [7, 11) is 0. The van der Waals surface area contributed by atoms with Gasteiger partial charge < -0.3 is 5.32 Å². The molecule has 0 aromatic carbocycles. The summed E-state index contributed by atoms with van der Waals surface area (Å²) in [4.78, 5) is 15.9. The highest BCUT2D eigenvalue weighted by Gasteiger charge is 2.16. The summed E-state index contributed by atoms with van der Waals surface area (Å²) in [6, 6.07) is 3.59. The largest absolute Gasteiger partial charge is 0.352 e. The van der Waals surface area contributed by atoms with Gasteiger partial charge in [-0.2, -0.15) is 0 Å². The molecule has 82 valence electrons. The zero-order valence-electron chi connectivity index (χ0n) is 9.79. The summed E-state index contributed by atoms with van der Waals surface area (Å²) in [6.07, 6.45) is 1.69. The Bertz CT molecular complexity index is 353. The molecule has 15 heavy (non-hydrogen) atoms. The molecule has 1 heterocycles. The average molecular weight is 206 g/mol. The quantitative estimate of drug-likeness (QED) is 0.805. The van der Waals surface area contributed by atoms with Crippen molar-refractivity contribution in [1.29, 1.82) is 0 Å². The van der Waals surface area contributed by atoms with Crippen molar-refractivity contribution in [3.8, 4) is 0 Å². The number of nitrogens with zero attached hydrogens (tertiary/aromatic N) is 1. The summed E-state index contributed by atoms with van der Waals surface area (Å²) in [5.41, 5.74) is 1.59. The molecule has 1 aromatic rings. The number of hydrogen-bond donors (Lipinski definition) is 1. The number of amides is 1. The van der Waals surface area contributed by atoms with E-state index in [9.17, 15) is 4.79 Å². The SMILES string of the molecule is CCNC(=O)c1ccnc(C(C)(C)C)c1. The van der Waals surface area contributed by atoms with Gasteiger partial charge in [0, 0.05) is 29.4 Å². The van der Waals surface area contributed by atoms with Crippen LogP contribution < -0.4 is 5.32 Å². The maximum atomic E-state index is 11.6. The number of hydrogen-bond acceptors (Lipinski definition) is 2. The first-order chi connectivity index (χ1) is 6.95. The van der Waals surface area contributed by atoms with Crippen molar-refractivity contribution in [3.63, 3.8) is 0 Å². The first-order valence-corrected chi connectivity index (χ1v) is 5.20. The van der Waals surface area contributed by atoms with Gasteiger partial charge >= 0.3 is 0 Å². The van der Waals surface area contributed by atoms with Crippen molar-refractivity contribution >= 4 is 5.91 Å². The van der Waals surface area contributed by atoms with Crippen LogP contribution in [0.3, 0.4) is 0 Å². The highest BCUT2D eigenvalue weighted by Crippen LogP contribution is 2.20. The zero-order valence-corrected chi connectivity index (χ0v) is 9.79. The van der Waals surface area contributed by atoms with E-state index in [1.54, 1.807) is 12.3 Å². The Morgan fingerprint density at radius 3 is 2.67 bits per heavy atom. The van der Waals surface area contributed by atoms with E-state index in [0.717, 1.165) is 5.69 Å². The molecule has 3 nitrogen and oxygen atoms in total. The van der Waals surface area contributed by atoms with Crippen LogP contribution in [0.25, 0.3) is 0 Å². The third kappa shape index (κ3) is 3.05. The molecular formula is C12H18N2O. The summed E-state index contributed by atoms with van der Waals surface area (Å²) in [5.74, 6) is -0.0367. The number of carbonyl (C=O) groups excluding carboxylic acids is 1. The second-order valence-corrected chi connectivity index (χ2v) is 4.54. The van der Waals surface area contributed by atoms with Crippen molar-refractivity contribution in [2.45, 2.75) is 33.1 Å². The van der Waals surface area contributed by atoms with Gasteiger partial charge in [-0.05, 0) is 19.1 Å². The van der Waals surface area contributed by atoms with Gasteiger partial charge in [0.25, 0.3) is 5.91 Å². The molecule has 0 fully saturated rings. The number of rotatable bonds is 2. The Kier molecular flexibility index (Phi) is 3.45. The van der Waals surface area contributed by atoms with Gasteiger partial charge in [-0.15, -0.1) is 0 Å². The van der Waals surface area contributed by atoms with E-state index in [-0.39, 0.29) is 11.3 Å². The topological polar surface area (TPSA) is 42.0 Å². The average Bonchev–Trinajstić information content (AvgIpc) is 2.17. The highest BCUT2D eigenvalue weighted by molar-refractivity contribution is 5.94. The molecule has 0 unspecified atom stereocenters. The minimum absolute atomic E-state index is 0.0253. The fraction of sp³-hybridized carbons (Fsp3) is 0.500. The third-order valence-electron chi connectivity index (χ3n) is 2.13. The van der Waals surface area contributed by atoms with Crippen molar-refractivity contribution in [2.24, 2.45) is 0 Å². The predicted octanol–water partition coefficient (Wildman–Crippen LogP) is 2.13. The smallest absolute Gasteiger partial charge is 0.251 e. The molecule has 1 amide bonds. The van der Waals surface area contributed by atoms with E-state index in [2.05, 4.69) is 31.1 Å². The molecule has 1 N–H and O–H groups in total. The van der Waals surface area contributed by atoms with Crippen LogP contribution >= 0.6 is 0 Å². The van der Waals surface area contributed by atoms with Crippen molar-refractivity contribution in [3.05, 3.63) is 29.6 Å². The first-order valence-electron chi connectivity index (χ1n) is 5.20. The van der Waals surface area contributed by atoms with Crippen LogP contribution in [0.1, 0.15) is 43.7 Å². The Balaban J connectivity index is 2.98. The van der Waals surface area contributed by atoms with E-state index in [1.165, 1.54) is 0 Å². The van der Waals surface area contributed by atoms with Crippen molar-refractivity contribution in [1.82, 2.24) is 10.3 Å². The summed E-state index contributed by atoms with van der Waals surface area (Å²) < 4.78 is 0. The molecule has 1 aromatic heterocycles. The maximum absolute atomic E-state index is 11.6. The Labute approximate surface area is 90.9 Å². The molecule has 0 aliphatic carbocycles. The molecule has 3 heteroatoms. The fourth-order valence-corrected chi connectivity index (χ4v) is 1.24. The standard InChI is InChI=1S/C12H18N2O/c1-5-13-11(15)9-6-7-14-10(8-9)12(2,3)4/h6-8H,5H2,1-4H3,(H,13,15). The molecule has 0 bridgehead atoms. The molecular weight excluding hydrogens is 188 g/mol. The Hall–Kier alpha value is -1.38. The maximum Gasteiger partial charge on any atom is 0.251 e. The summed E-state index contributed by atoms with van der Waals surface area (Å²) in [5, 5.41) is 2.77. The molecule has 1 rings (SSSR count). The molecule has 0 radical (unpaired) electrons. The summed E-state index contributed by atoms with van der Waals surface area (Å²) >= 11 is 0. The van der Waals surface area contributed by atoms with Gasteiger partial charge in [0.15, 0.2) is 0 Å². The lowest BCUT2D eigenvalue weighted by Gasteiger charge is -2.17. The molecule has 0 saturated carbocycles. The van der Waals surface area contributed by atoms with Gasteiger partial charge in [0.1, 0.15) is 0 Å². The van der Waals surface area contributed by atoms with Crippen LogP contribution in [0.4, 0.5) is 0 Å². The van der Waals surface area contributed by atoms with Crippen molar-refractivity contribution < 1.29 is 4.79 Å². The minimum Gasteiger partial charge on any atom is -0.352 e. The minimum atomic E-state index is -0.0367. The lowest BCUT2D eigenvalue weighted by Crippen LogP contribution is -2.23. The number of carbonyl (C=O) groups is 1. The summed E-state index contributed by atoms with van der Waals surface area (Å²) in [6.45, 7) is 8.79. The normalized spacial score (nSPS) is 11.2. The number of nitrogens with one attached hydrogen (secondary N) is 1. The van der Waals surface area contributed by atoms with Gasteiger partial charge in [-0.25, -0.2) is 0 Å². The van der Waals surface area contributed by atoms with Crippen LogP contribution in [-0.2, 0) is 5.41 Å².